The minimum atomic E-state index is 0. The number of halogens is 1. The molecule has 0 radical (unpaired) electrons. The van der Waals surface area contributed by atoms with Gasteiger partial charge in [0.25, 0.3) is 0 Å². The van der Waals surface area contributed by atoms with E-state index >= 15 is 0 Å². The topological polar surface area (TPSA) is 34.1 Å². The molecule has 3 aliphatic heterocycles. The average molecular weight is 495 g/mol. The Balaban J connectivity index is 0.00000225. The number of likely N-dealkylation sites (tertiary alicyclic amines) is 2. The van der Waals surface area contributed by atoms with Crippen LogP contribution in [-0.4, -0.2) is 67.6 Å². The van der Waals surface area contributed by atoms with Crippen molar-refractivity contribution in [2.45, 2.75) is 38.8 Å². The van der Waals surface area contributed by atoms with Crippen molar-refractivity contribution in [3.63, 3.8) is 0 Å². The molecule has 3 aliphatic rings. The van der Waals surface area contributed by atoms with Gasteiger partial charge in [-0.05, 0) is 57.0 Å². The highest BCUT2D eigenvalue weighted by atomic mass is 127. The lowest BCUT2D eigenvalue weighted by Crippen LogP contribution is -2.42. The third kappa shape index (κ3) is 5.20. The fraction of sp³-hybridized carbons (Fsp3) is 0.591. The first-order valence-electron chi connectivity index (χ1n) is 10.6. The van der Waals surface area contributed by atoms with E-state index < -0.39 is 0 Å². The van der Waals surface area contributed by atoms with Crippen molar-refractivity contribution < 1.29 is 0 Å². The van der Waals surface area contributed by atoms with Gasteiger partial charge in [0.05, 0.1) is 6.54 Å². The summed E-state index contributed by atoms with van der Waals surface area (Å²) < 4.78 is 0. The van der Waals surface area contributed by atoms with Gasteiger partial charge >= 0.3 is 0 Å². The molecule has 154 valence electrons. The molecule has 2 fully saturated rings. The number of anilines is 1. The molecule has 1 aromatic carbocycles. The van der Waals surface area contributed by atoms with Gasteiger partial charge in [-0.15, -0.1) is 24.0 Å². The Bertz CT molecular complexity index is 675. The molecule has 1 aromatic rings. The van der Waals surface area contributed by atoms with E-state index in [2.05, 4.69) is 63.4 Å². The van der Waals surface area contributed by atoms with Crippen LogP contribution in [0.2, 0.25) is 0 Å². The van der Waals surface area contributed by atoms with Gasteiger partial charge in [-0.1, -0.05) is 24.3 Å². The summed E-state index contributed by atoms with van der Waals surface area (Å²) in [7, 11) is 0. The monoisotopic (exact) mass is 495 g/mol. The Labute approximate surface area is 186 Å². The van der Waals surface area contributed by atoms with Crippen LogP contribution in [0.1, 0.15) is 31.7 Å². The molecule has 1 N–H and O–H groups in total. The van der Waals surface area contributed by atoms with Gasteiger partial charge < -0.3 is 15.1 Å². The lowest BCUT2D eigenvalue weighted by atomic mass is 10.2. The second-order valence-electron chi connectivity index (χ2n) is 7.85. The predicted octanol–water partition coefficient (Wildman–Crippen LogP) is 3.32. The molecule has 2 saturated heterocycles. The normalized spacial score (nSPS) is 22.8. The van der Waals surface area contributed by atoms with Gasteiger partial charge in [0, 0.05) is 44.5 Å². The number of benzene rings is 1. The van der Waals surface area contributed by atoms with Crippen LogP contribution in [-0.2, 0) is 6.54 Å². The van der Waals surface area contributed by atoms with E-state index in [1.165, 1.54) is 43.6 Å². The Kier molecular flexibility index (Phi) is 8.02. The van der Waals surface area contributed by atoms with Gasteiger partial charge in [-0.25, -0.2) is 4.99 Å². The lowest BCUT2D eigenvalue weighted by molar-refractivity contribution is 0.249. The SMILES string of the molecule is CCNC(=NCc1cccc(N2CC=CC2)c1)N1CCC(N2CCCC2)C1.I. The predicted molar refractivity (Wildman–Crippen MR) is 129 cm³/mol. The average Bonchev–Trinajstić information content (AvgIpc) is 3.46. The molecule has 0 spiro atoms. The summed E-state index contributed by atoms with van der Waals surface area (Å²) in [6, 6.07) is 9.55. The Morgan fingerprint density at radius 1 is 1.14 bits per heavy atom. The molecule has 0 amide bonds. The highest BCUT2D eigenvalue weighted by Gasteiger charge is 2.30. The van der Waals surface area contributed by atoms with Crippen molar-refractivity contribution in [3.05, 3.63) is 42.0 Å². The van der Waals surface area contributed by atoms with Crippen molar-refractivity contribution in [3.8, 4) is 0 Å². The van der Waals surface area contributed by atoms with Crippen LogP contribution >= 0.6 is 24.0 Å². The highest BCUT2D eigenvalue weighted by molar-refractivity contribution is 14.0. The van der Waals surface area contributed by atoms with Gasteiger partial charge in [0.15, 0.2) is 5.96 Å². The first-order valence-corrected chi connectivity index (χ1v) is 10.6. The number of nitrogens with one attached hydrogen (secondary N) is 1. The second-order valence-corrected chi connectivity index (χ2v) is 7.85. The summed E-state index contributed by atoms with van der Waals surface area (Å²) >= 11 is 0. The van der Waals surface area contributed by atoms with E-state index in [9.17, 15) is 0 Å². The molecule has 4 rings (SSSR count). The third-order valence-corrected chi connectivity index (χ3v) is 5.96. The van der Waals surface area contributed by atoms with Crippen LogP contribution in [0.3, 0.4) is 0 Å². The molecule has 0 aliphatic carbocycles. The maximum absolute atomic E-state index is 4.97. The summed E-state index contributed by atoms with van der Waals surface area (Å²) in [6.45, 7) is 10.6. The van der Waals surface area contributed by atoms with E-state index in [0.29, 0.717) is 6.04 Å². The zero-order valence-corrected chi connectivity index (χ0v) is 19.3. The minimum absolute atomic E-state index is 0. The summed E-state index contributed by atoms with van der Waals surface area (Å²) in [5.41, 5.74) is 2.58. The van der Waals surface area contributed by atoms with E-state index in [-0.39, 0.29) is 24.0 Å². The molecule has 1 unspecified atom stereocenters. The Morgan fingerprint density at radius 3 is 2.68 bits per heavy atom. The standard InChI is InChI=1S/C22H33N5.HI/c1-2-23-22(27-15-10-21(18-27)26-13-5-6-14-26)24-17-19-8-7-9-20(16-19)25-11-3-4-12-25;/h3-4,7-9,16,21H,2,5-6,10-15,17-18H2,1H3,(H,23,24);1H. The van der Waals surface area contributed by atoms with Crippen LogP contribution in [0.15, 0.2) is 41.4 Å². The van der Waals surface area contributed by atoms with Crippen molar-refractivity contribution in [2.75, 3.05) is 50.7 Å². The molecule has 5 nitrogen and oxygen atoms in total. The number of aliphatic imine (C=N–C) groups is 1. The zero-order chi connectivity index (χ0) is 18.5. The summed E-state index contributed by atoms with van der Waals surface area (Å²) in [6.07, 6.45) is 8.47. The van der Waals surface area contributed by atoms with E-state index in [4.69, 9.17) is 4.99 Å². The molecule has 6 heteroatoms. The zero-order valence-electron chi connectivity index (χ0n) is 17.0. The number of nitrogens with zero attached hydrogens (tertiary/aromatic N) is 4. The fourth-order valence-electron chi connectivity index (χ4n) is 4.47. The van der Waals surface area contributed by atoms with E-state index in [0.717, 1.165) is 45.2 Å². The van der Waals surface area contributed by atoms with Crippen LogP contribution in [0.25, 0.3) is 0 Å². The minimum Gasteiger partial charge on any atom is -0.364 e. The van der Waals surface area contributed by atoms with Crippen LogP contribution < -0.4 is 10.2 Å². The molecule has 0 aromatic heterocycles. The van der Waals surface area contributed by atoms with E-state index in [1.54, 1.807) is 0 Å². The molecular formula is C22H34IN5. The first kappa shape index (κ1) is 21.4. The fourth-order valence-corrected chi connectivity index (χ4v) is 4.47. The maximum atomic E-state index is 4.97. The van der Waals surface area contributed by atoms with Crippen LogP contribution in [0, 0.1) is 0 Å². The summed E-state index contributed by atoms with van der Waals surface area (Å²) in [4.78, 5) is 12.5. The largest absolute Gasteiger partial charge is 0.364 e. The highest BCUT2D eigenvalue weighted by Crippen LogP contribution is 2.21. The van der Waals surface area contributed by atoms with Crippen molar-refractivity contribution in [2.24, 2.45) is 4.99 Å². The summed E-state index contributed by atoms with van der Waals surface area (Å²) in [5.74, 6) is 1.08. The van der Waals surface area contributed by atoms with Gasteiger partial charge in [-0.2, -0.15) is 0 Å². The third-order valence-electron chi connectivity index (χ3n) is 5.96. The first-order chi connectivity index (χ1) is 13.3. The Hall–Kier alpha value is -1.28. The number of guanidine groups is 1. The second kappa shape index (κ2) is 10.5. The van der Waals surface area contributed by atoms with Crippen LogP contribution in [0.5, 0.6) is 0 Å². The molecular weight excluding hydrogens is 461 g/mol. The molecule has 3 heterocycles. The van der Waals surface area contributed by atoms with Crippen molar-refractivity contribution in [1.82, 2.24) is 15.1 Å². The quantitative estimate of drug-likeness (QED) is 0.294. The Morgan fingerprint density at radius 2 is 1.93 bits per heavy atom. The van der Waals surface area contributed by atoms with E-state index in [1.807, 2.05) is 0 Å². The molecule has 0 saturated carbocycles. The van der Waals surface area contributed by atoms with Crippen molar-refractivity contribution in [1.29, 1.82) is 0 Å². The maximum Gasteiger partial charge on any atom is 0.194 e. The smallest absolute Gasteiger partial charge is 0.194 e. The molecule has 1 atom stereocenters. The number of rotatable bonds is 5. The summed E-state index contributed by atoms with van der Waals surface area (Å²) in [5, 5.41) is 3.51. The molecule has 0 bridgehead atoms. The van der Waals surface area contributed by atoms with Crippen LogP contribution in [0.4, 0.5) is 5.69 Å². The van der Waals surface area contributed by atoms with Gasteiger partial charge in [-0.3, -0.25) is 4.90 Å². The van der Waals surface area contributed by atoms with Gasteiger partial charge in [0.2, 0.25) is 0 Å². The number of hydrogen-bond acceptors (Lipinski definition) is 3. The van der Waals surface area contributed by atoms with Crippen molar-refractivity contribution >= 4 is 35.6 Å². The molecule has 28 heavy (non-hydrogen) atoms. The lowest BCUT2D eigenvalue weighted by Gasteiger charge is -2.25. The van der Waals surface area contributed by atoms with Gasteiger partial charge in [0.1, 0.15) is 0 Å². The number of hydrogen-bond donors (Lipinski definition) is 1.